The van der Waals surface area contributed by atoms with Crippen LogP contribution in [0.15, 0.2) is 18.2 Å². The van der Waals surface area contributed by atoms with E-state index in [0.717, 1.165) is 43.1 Å². The number of hydrazine groups is 1. The molecule has 0 saturated heterocycles. The van der Waals surface area contributed by atoms with Crippen LogP contribution in [0.4, 0.5) is 0 Å². The lowest BCUT2D eigenvalue weighted by Crippen LogP contribution is -2.28. The van der Waals surface area contributed by atoms with Gasteiger partial charge in [-0.25, -0.2) is 0 Å². The first-order chi connectivity index (χ1) is 9.24. The van der Waals surface area contributed by atoms with Gasteiger partial charge in [0.25, 0.3) is 0 Å². The standard InChI is InChI=1S/C14H24N2O3/c1-4-19-7-5-6-14(16-15)11-8-12(17-2)10-13(9-11)18-3/h8-10,14,16H,4-7,15H2,1-3H3. The third kappa shape index (κ3) is 5.06. The van der Waals surface area contributed by atoms with Gasteiger partial charge in [0.1, 0.15) is 11.5 Å². The predicted octanol–water partition coefficient (Wildman–Crippen LogP) is 2.02. The van der Waals surface area contributed by atoms with Gasteiger partial charge in [-0.05, 0) is 37.5 Å². The molecule has 0 aliphatic carbocycles. The Morgan fingerprint density at radius 1 is 1.16 bits per heavy atom. The molecule has 0 aromatic heterocycles. The van der Waals surface area contributed by atoms with Crippen LogP contribution in [0, 0.1) is 0 Å². The first-order valence-electron chi connectivity index (χ1n) is 6.52. The Morgan fingerprint density at radius 2 is 1.79 bits per heavy atom. The van der Waals surface area contributed by atoms with Crippen molar-refractivity contribution >= 4 is 0 Å². The molecule has 3 N–H and O–H groups in total. The molecule has 0 radical (unpaired) electrons. The van der Waals surface area contributed by atoms with E-state index < -0.39 is 0 Å². The summed E-state index contributed by atoms with van der Waals surface area (Å²) >= 11 is 0. The Bertz CT molecular complexity index is 349. The summed E-state index contributed by atoms with van der Waals surface area (Å²) in [6.07, 6.45) is 1.84. The molecule has 5 heteroatoms. The number of nitrogens with two attached hydrogens (primary N) is 1. The fraction of sp³-hybridized carbons (Fsp3) is 0.571. The molecule has 0 aliphatic rings. The van der Waals surface area contributed by atoms with E-state index in [2.05, 4.69) is 5.43 Å². The molecule has 0 fully saturated rings. The molecule has 0 spiro atoms. The van der Waals surface area contributed by atoms with Gasteiger partial charge in [-0.1, -0.05) is 0 Å². The van der Waals surface area contributed by atoms with Crippen LogP contribution in [0.5, 0.6) is 11.5 Å². The summed E-state index contributed by atoms with van der Waals surface area (Å²) in [7, 11) is 3.27. The Morgan fingerprint density at radius 3 is 2.26 bits per heavy atom. The summed E-state index contributed by atoms with van der Waals surface area (Å²) in [5, 5.41) is 0. The van der Waals surface area contributed by atoms with Crippen molar-refractivity contribution in [2.75, 3.05) is 27.4 Å². The number of hydrogen-bond donors (Lipinski definition) is 2. The molecular formula is C14H24N2O3. The van der Waals surface area contributed by atoms with Gasteiger partial charge in [-0.3, -0.25) is 11.3 Å². The molecule has 1 aromatic rings. The number of benzene rings is 1. The van der Waals surface area contributed by atoms with Crippen LogP contribution in [0.1, 0.15) is 31.4 Å². The van der Waals surface area contributed by atoms with E-state index in [4.69, 9.17) is 20.1 Å². The molecule has 1 rings (SSSR count). The largest absolute Gasteiger partial charge is 0.497 e. The number of ether oxygens (including phenoxy) is 3. The highest BCUT2D eigenvalue weighted by Crippen LogP contribution is 2.28. The van der Waals surface area contributed by atoms with Crippen LogP contribution in [0.25, 0.3) is 0 Å². The lowest BCUT2D eigenvalue weighted by molar-refractivity contribution is 0.141. The van der Waals surface area contributed by atoms with E-state index >= 15 is 0 Å². The van der Waals surface area contributed by atoms with E-state index in [1.54, 1.807) is 14.2 Å². The topological polar surface area (TPSA) is 65.7 Å². The Balaban J connectivity index is 2.73. The summed E-state index contributed by atoms with van der Waals surface area (Å²) in [5.74, 6) is 7.16. The van der Waals surface area contributed by atoms with E-state index in [1.165, 1.54) is 0 Å². The molecule has 0 saturated carbocycles. The Hall–Kier alpha value is -1.30. The molecular weight excluding hydrogens is 244 g/mol. The highest BCUT2D eigenvalue weighted by Gasteiger charge is 2.12. The van der Waals surface area contributed by atoms with Crippen LogP contribution in [0.3, 0.4) is 0 Å². The van der Waals surface area contributed by atoms with E-state index in [-0.39, 0.29) is 6.04 Å². The number of hydrogen-bond acceptors (Lipinski definition) is 5. The van der Waals surface area contributed by atoms with Crippen molar-refractivity contribution < 1.29 is 14.2 Å². The van der Waals surface area contributed by atoms with Gasteiger partial charge >= 0.3 is 0 Å². The summed E-state index contributed by atoms with van der Waals surface area (Å²) in [6, 6.07) is 5.84. The van der Waals surface area contributed by atoms with Crippen molar-refractivity contribution in [2.45, 2.75) is 25.8 Å². The zero-order chi connectivity index (χ0) is 14.1. The lowest BCUT2D eigenvalue weighted by Gasteiger charge is -2.18. The third-order valence-corrected chi connectivity index (χ3v) is 2.96. The first kappa shape index (κ1) is 15.8. The van der Waals surface area contributed by atoms with Crippen LogP contribution in [-0.2, 0) is 4.74 Å². The minimum absolute atomic E-state index is 0.0597. The maximum atomic E-state index is 5.63. The zero-order valence-electron chi connectivity index (χ0n) is 11.9. The quantitative estimate of drug-likeness (QED) is 0.407. The molecule has 1 unspecified atom stereocenters. The smallest absolute Gasteiger partial charge is 0.122 e. The van der Waals surface area contributed by atoms with Gasteiger partial charge in [0.15, 0.2) is 0 Å². The second kappa shape index (κ2) is 8.74. The molecule has 0 aliphatic heterocycles. The highest BCUT2D eigenvalue weighted by atomic mass is 16.5. The third-order valence-electron chi connectivity index (χ3n) is 2.96. The van der Waals surface area contributed by atoms with Crippen molar-refractivity contribution in [3.63, 3.8) is 0 Å². The summed E-state index contributed by atoms with van der Waals surface area (Å²) in [5.41, 5.74) is 3.88. The van der Waals surface area contributed by atoms with Crippen LogP contribution in [-0.4, -0.2) is 27.4 Å². The predicted molar refractivity (Wildman–Crippen MR) is 75.3 cm³/mol. The molecule has 1 aromatic carbocycles. The monoisotopic (exact) mass is 268 g/mol. The van der Waals surface area contributed by atoms with Crippen molar-refractivity contribution in [1.82, 2.24) is 5.43 Å². The molecule has 108 valence electrons. The summed E-state index contributed by atoms with van der Waals surface area (Å²) < 4.78 is 15.9. The number of nitrogens with one attached hydrogen (secondary N) is 1. The second-order valence-electron chi connectivity index (χ2n) is 4.20. The minimum atomic E-state index is 0.0597. The lowest BCUT2D eigenvalue weighted by atomic mass is 10.0. The van der Waals surface area contributed by atoms with Crippen LogP contribution in [0.2, 0.25) is 0 Å². The molecule has 0 heterocycles. The van der Waals surface area contributed by atoms with Crippen LogP contribution < -0.4 is 20.7 Å². The maximum absolute atomic E-state index is 5.63. The highest BCUT2D eigenvalue weighted by molar-refractivity contribution is 5.39. The Kier molecular flexibility index (Phi) is 7.25. The van der Waals surface area contributed by atoms with E-state index in [0.29, 0.717) is 0 Å². The molecule has 0 bridgehead atoms. The van der Waals surface area contributed by atoms with Crippen molar-refractivity contribution in [3.05, 3.63) is 23.8 Å². The maximum Gasteiger partial charge on any atom is 0.122 e. The normalized spacial score (nSPS) is 12.2. The van der Waals surface area contributed by atoms with E-state index in [1.807, 2.05) is 25.1 Å². The van der Waals surface area contributed by atoms with Crippen LogP contribution >= 0.6 is 0 Å². The van der Waals surface area contributed by atoms with Gasteiger partial charge in [0.2, 0.25) is 0 Å². The first-order valence-corrected chi connectivity index (χ1v) is 6.52. The fourth-order valence-electron chi connectivity index (χ4n) is 1.91. The number of methoxy groups -OCH3 is 2. The van der Waals surface area contributed by atoms with Gasteiger partial charge in [-0.15, -0.1) is 0 Å². The van der Waals surface area contributed by atoms with Crippen molar-refractivity contribution in [2.24, 2.45) is 5.84 Å². The average molecular weight is 268 g/mol. The summed E-state index contributed by atoms with van der Waals surface area (Å²) in [4.78, 5) is 0. The van der Waals surface area contributed by atoms with Gasteiger partial charge in [-0.2, -0.15) is 0 Å². The Labute approximate surface area is 115 Å². The molecule has 0 amide bonds. The van der Waals surface area contributed by atoms with Gasteiger partial charge in [0, 0.05) is 25.3 Å². The summed E-state index contributed by atoms with van der Waals surface area (Å²) in [6.45, 7) is 3.48. The van der Waals surface area contributed by atoms with Gasteiger partial charge in [0.05, 0.1) is 14.2 Å². The van der Waals surface area contributed by atoms with Crippen molar-refractivity contribution in [1.29, 1.82) is 0 Å². The van der Waals surface area contributed by atoms with E-state index in [9.17, 15) is 0 Å². The zero-order valence-corrected chi connectivity index (χ0v) is 11.9. The number of rotatable bonds is 9. The van der Waals surface area contributed by atoms with Crippen molar-refractivity contribution in [3.8, 4) is 11.5 Å². The average Bonchev–Trinajstić information content (AvgIpc) is 2.46. The minimum Gasteiger partial charge on any atom is -0.497 e. The molecule has 19 heavy (non-hydrogen) atoms. The second-order valence-corrected chi connectivity index (χ2v) is 4.20. The molecule has 5 nitrogen and oxygen atoms in total. The molecule has 1 atom stereocenters. The van der Waals surface area contributed by atoms with Gasteiger partial charge < -0.3 is 14.2 Å². The fourth-order valence-corrected chi connectivity index (χ4v) is 1.91. The SMILES string of the molecule is CCOCCCC(NN)c1cc(OC)cc(OC)c1.